The Morgan fingerprint density at radius 3 is 2.26 bits per heavy atom. The second-order valence-corrected chi connectivity index (χ2v) is 9.82. The molecule has 0 radical (unpaired) electrons. The predicted molar refractivity (Wildman–Crippen MR) is 128 cm³/mol. The fraction of sp³-hybridized carbons (Fsp3) is 0.120. The lowest BCUT2D eigenvalue weighted by Crippen LogP contribution is -2.15. The largest absolute Gasteiger partial charge is 0.402 e. The van der Waals surface area contributed by atoms with E-state index in [-0.39, 0.29) is 32.6 Å². The molecule has 10 heteroatoms. The van der Waals surface area contributed by atoms with Gasteiger partial charge in [0.05, 0.1) is 26.8 Å². The number of carbonyl (C=O) groups excluding carboxylic acids is 1. The molecule has 1 aromatic heterocycles. The summed E-state index contributed by atoms with van der Waals surface area (Å²) in [6.45, 7) is 4.89. The molecule has 0 N–H and O–H groups in total. The van der Waals surface area contributed by atoms with Crippen LogP contribution in [0.4, 0.5) is 5.69 Å². The van der Waals surface area contributed by atoms with E-state index in [0.717, 1.165) is 11.6 Å². The molecular formula is C25H21N3O6S. The van der Waals surface area contributed by atoms with E-state index < -0.39 is 20.7 Å². The lowest BCUT2D eigenvalue weighted by molar-refractivity contribution is -0.385. The molecule has 1 heterocycles. The zero-order chi connectivity index (χ0) is 25.3. The Balaban J connectivity index is 1.88. The van der Waals surface area contributed by atoms with Crippen LogP contribution in [0.15, 0.2) is 82.6 Å². The van der Waals surface area contributed by atoms with Crippen molar-refractivity contribution < 1.29 is 22.9 Å². The van der Waals surface area contributed by atoms with Crippen molar-refractivity contribution in [1.29, 1.82) is 0 Å². The summed E-state index contributed by atoms with van der Waals surface area (Å²) in [6, 6.07) is 18.8. The molecule has 0 bridgehead atoms. The molecule has 0 spiro atoms. The minimum absolute atomic E-state index is 0.0158. The van der Waals surface area contributed by atoms with E-state index in [1.807, 2.05) is 6.92 Å². The molecule has 0 saturated carbocycles. The van der Waals surface area contributed by atoms with Gasteiger partial charge in [-0.15, -0.1) is 0 Å². The van der Waals surface area contributed by atoms with Crippen molar-refractivity contribution in [2.24, 2.45) is 0 Å². The molecule has 4 aromatic rings. The van der Waals surface area contributed by atoms with Gasteiger partial charge in [0.25, 0.3) is 5.69 Å². The number of aryl methyl sites for hydroxylation is 3. The molecule has 178 valence electrons. The quantitative estimate of drug-likeness (QED) is 0.217. The van der Waals surface area contributed by atoms with E-state index in [1.54, 1.807) is 49.4 Å². The summed E-state index contributed by atoms with van der Waals surface area (Å²) in [4.78, 5) is 23.5. The summed E-state index contributed by atoms with van der Waals surface area (Å²) in [6.07, 6.45) is 0. The first-order valence-electron chi connectivity index (χ1n) is 10.5. The zero-order valence-electron chi connectivity index (χ0n) is 19.1. The third-order valence-electron chi connectivity index (χ3n) is 5.40. The number of para-hydroxylation sites is 1. The van der Waals surface area contributed by atoms with Crippen molar-refractivity contribution in [3.05, 3.63) is 105 Å². The molecule has 0 amide bonds. The second-order valence-electron chi connectivity index (χ2n) is 7.93. The number of nitro benzene ring substituents is 1. The monoisotopic (exact) mass is 491 g/mol. The highest BCUT2D eigenvalue weighted by Crippen LogP contribution is 2.35. The van der Waals surface area contributed by atoms with Gasteiger partial charge in [-0.05, 0) is 51.1 Å². The molecule has 35 heavy (non-hydrogen) atoms. The molecule has 0 unspecified atom stereocenters. The summed E-state index contributed by atoms with van der Waals surface area (Å²) in [5, 5.41) is 15.7. The summed E-state index contributed by atoms with van der Waals surface area (Å²) in [5.41, 5.74) is 1.51. The minimum atomic E-state index is -4.13. The van der Waals surface area contributed by atoms with Gasteiger partial charge in [0.2, 0.25) is 15.7 Å². The van der Waals surface area contributed by atoms with Crippen LogP contribution in [-0.4, -0.2) is 29.1 Å². The molecule has 0 fully saturated rings. The Morgan fingerprint density at radius 1 is 0.971 bits per heavy atom. The van der Waals surface area contributed by atoms with Gasteiger partial charge in [-0.3, -0.25) is 10.1 Å². The summed E-state index contributed by atoms with van der Waals surface area (Å²) >= 11 is 0. The highest BCUT2D eigenvalue weighted by atomic mass is 32.2. The van der Waals surface area contributed by atoms with Crippen molar-refractivity contribution in [2.45, 2.75) is 30.6 Å². The van der Waals surface area contributed by atoms with E-state index in [4.69, 9.17) is 4.74 Å². The lowest BCUT2D eigenvalue weighted by atomic mass is 10.1. The lowest BCUT2D eigenvalue weighted by Gasteiger charge is -2.11. The van der Waals surface area contributed by atoms with Crippen LogP contribution in [0, 0.1) is 30.9 Å². The van der Waals surface area contributed by atoms with Gasteiger partial charge in [0, 0.05) is 11.6 Å². The number of benzene rings is 3. The Bertz CT molecular complexity index is 1540. The molecule has 4 rings (SSSR count). The third kappa shape index (κ3) is 4.56. The first-order valence-corrected chi connectivity index (χ1v) is 12.0. The van der Waals surface area contributed by atoms with Gasteiger partial charge in [0.1, 0.15) is 0 Å². The second kappa shape index (κ2) is 9.15. The fourth-order valence-corrected chi connectivity index (χ4v) is 5.07. The number of aromatic nitrogens is 2. The highest BCUT2D eigenvalue weighted by Gasteiger charge is 2.32. The Kier molecular flexibility index (Phi) is 6.23. The van der Waals surface area contributed by atoms with Crippen LogP contribution in [0.5, 0.6) is 5.88 Å². The van der Waals surface area contributed by atoms with Crippen molar-refractivity contribution in [2.75, 3.05) is 0 Å². The molecule has 0 aliphatic rings. The number of sulfone groups is 1. The standard InChI is InChI=1S/C25H21N3O6S/c1-16-9-13-21(14-10-16)35(32,33)23-18(3)26-27(20-7-5-4-6-8-20)24(23)34-25(29)19-12-11-17(2)22(15-19)28(30)31/h4-15H,1-3H3. The Morgan fingerprint density at radius 2 is 1.63 bits per heavy atom. The topological polar surface area (TPSA) is 121 Å². The number of hydrogen-bond acceptors (Lipinski definition) is 7. The zero-order valence-corrected chi connectivity index (χ0v) is 19.9. The molecule has 9 nitrogen and oxygen atoms in total. The normalized spacial score (nSPS) is 11.3. The van der Waals surface area contributed by atoms with Gasteiger partial charge in [-0.25, -0.2) is 13.2 Å². The van der Waals surface area contributed by atoms with Crippen molar-refractivity contribution in [1.82, 2.24) is 9.78 Å². The minimum Gasteiger partial charge on any atom is -0.402 e. The highest BCUT2D eigenvalue weighted by molar-refractivity contribution is 7.91. The number of nitro groups is 1. The van der Waals surface area contributed by atoms with Crippen LogP contribution in [0.3, 0.4) is 0 Å². The van der Waals surface area contributed by atoms with Crippen molar-refractivity contribution in [3.8, 4) is 11.6 Å². The number of rotatable bonds is 6. The smallest absolute Gasteiger partial charge is 0.345 e. The molecular weight excluding hydrogens is 470 g/mol. The average Bonchev–Trinajstić information content (AvgIpc) is 3.16. The van der Waals surface area contributed by atoms with Crippen LogP contribution in [0.1, 0.15) is 27.2 Å². The van der Waals surface area contributed by atoms with Crippen LogP contribution < -0.4 is 4.74 Å². The van der Waals surface area contributed by atoms with Gasteiger partial charge in [-0.2, -0.15) is 9.78 Å². The van der Waals surface area contributed by atoms with Gasteiger partial charge < -0.3 is 4.74 Å². The maximum absolute atomic E-state index is 13.6. The van der Waals surface area contributed by atoms with E-state index in [9.17, 15) is 23.3 Å². The number of carbonyl (C=O) groups is 1. The first kappa shape index (κ1) is 23.8. The van der Waals surface area contributed by atoms with E-state index in [0.29, 0.717) is 11.3 Å². The van der Waals surface area contributed by atoms with E-state index in [1.165, 1.54) is 35.9 Å². The number of nitrogens with zero attached hydrogens (tertiary/aromatic N) is 3. The molecule has 0 aliphatic heterocycles. The molecule has 0 atom stereocenters. The van der Waals surface area contributed by atoms with Crippen LogP contribution in [0.2, 0.25) is 0 Å². The van der Waals surface area contributed by atoms with Crippen LogP contribution >= 0.6 is 0 Å². The summed E-state index contributed by atoms with van der Waals surface area (Å²) < 4.78 is 34.0. The van der Waals surface area contributed by atoms with E-state index in [2.05, 4.69) is 5.10 Å². The van der Waals surface area contributed by atoms with Crippen LogP contribution in [-0.2, 0) is 9.84 Å². The number of esters is 1. The maximum atomic E-state index is 13.6. The first-order chi connectivity index (χ1) is 16.6. The SMILES string of the molecule is Cc1ccc(S(=O)(=O)c2c(C)nn(-c3ccccc3)c2OC(=O)c2ccc(C)c([N+](=O)[O-])c2)cc1. The Hall–Kier alpha value is -4.31. The molecule has 0 saturated heterocycles. The summed E-state index contributed by atoms with van der Waals surface area (Å²) in [7, 11) is -4.13. The van der Waals surface area contributed by atoms with Crippen LogP contribution in [0.25, 0.3) is 5.69 Å². The van der Waals surface area contributed by atoms with Gasteiger partial charge >= 0.3 is 5.97 Å². The summed E-state index contributed by atoms with van der Waals surface area (Å²) in [5.74, 6) is -1.26. The Labute approximate surface area is 201 Å². The number of hydrogen-bond donors (Lipinski definition) is 0. The predicted octanol–water partition coefficient (Wildman–Crippen LogP) is 4.76. The maximum Gasteiger partial charge on any atom is 0.345 e. The van der Waals surface area contributed by atoms with E-state index >= 15 is 0 Å². The number of ether oxygens (including phenoxy) is 1. The van der Waals surface area contributed by atoms with Crippen molar-refractivity contribution in [3.63, 3.8) is 0 Å². The van der Waals surface area contributed by atoms with Crippen molar-refractivity contribution >= 4 is 21.5 Å². The molecule has 0 aliphatic carbocycles. The third-order valence-corrected chi connectivity index (χ3v) is 7.30. The van der Waals surface area contributed by atoms with Gasteiger partial charge in [0.15, 0.2) is 4.90 Å². The molecule has 3 aromatic carbocycles. The van der Waals surface area contributed by atoms with Gasteiger partial charge in [-0.1, -0.05) is 42.0 Å². The average molecular weight is 492 g/mol. The fourth-order valence-electron chi connectivity index (χ4n) is 3.55.